The lowest BCUT2D eigenvalue weighted by Crippen LogP contribution is -2.30. The van der Waals surface area contributed by atoms with E-state index in [2.05, 4.69) is 15.3 Å². The fourth-order valence-electron chi connectivity index (χ4n) is 2.39. The van der Waals surface area contributed by atoms with Crippen LogP contribution in [0.5, 0.6) is 0 Å². The van der Waals surface area contributed by atoms with Gasteiger partial charge in [0.05, 0.1) is 25.8 Å². The first-order chi connectivity index (χ1) is 9.63. The number of nitrogens with zero attached hydrogens (tertiary/aromatic N) is 3. The van der Waals surface area contributed by atoms with Crippen LogP contribution in [0.3, 0.4) is 0 Å². The number of halogens is 1. The second-order valence-corrected chi connectivity index (χ2v) is 4.72. The number of hydrogen-bond acceptors (Lipinski definition) is 7. The van der Waals surface area contributed by atoms with E-state index >= 15 is 0 Å². The number of aliphatic imine (C=N–C) groups is 1. The van der Waals surface area contributed by atoms with E-state index in [1.54, 1.807) is 0 Å². The van der Waals surface area contributed by atoms with Crippen molar-refractivity contribution in [2.75, 3.05) is 18.5 Å². The van der Waals surface area contributed by atoms with Crippen LogP contribution in [0, 0.1) is 0 Å². The summed E-state index contributed by atoms with van der Waals surface area (Å²) in [6, 6.07) is 0. The Morgan fingerprint density at radius 3 is 3.00 bits per heavy atom. The second-order valence-electron chi connectivity index (χ2n) is 4.72. The molecule has 5 atom stereocenters. The maximum absolute atomic E-state index is 14.1. The van der Waals surface area contributed by atoms with E-state index in [-0.39, 0.29) is 6.54 Å². The number of fused-ring (bicyclic) bond motifs is 1. The summed E-state index contributed by atoms with van der Waals surface area (Å²) < 4.78 is 20.7. The largest absolute Gasteiger partial charge is 0.394 e. The number of imidazole rings is 1. The molecule has 0 amide bonds. The number of ether oxygens (including phenoxy) is 1. The van der Waals surface area contributed by atoms with Crippen LogP contribution in [0.25, 0.3) is 0 Å². The van der Waals surface area contributed by atoms with Crippen LogP contribution in [0.4, 0.5) is 10.2 Å². The molecule has 1 aromatic heterocycles. The summed E-state index contributed by atoms with van der Waals surface area (Å²) in [5.41, 5.74) is 0.334. The Morgan fingerprint density at radius 1 is 1.50 bits per heavy atom. The zero-order valence-corrected chi connectivity index (χ0v) is 10.4. The maximum atomic E-state index is 14.1. The van der Waals surface area contributed by atoms with Crippen molar-refractivity contribution in [3.63, 3.8) is 0 Å². The Hall–Kier alpha value is -1.55. The van der Waals surface area contributed by atoms with Crippen molar-refractivity contribution in [1.82, 2.24) is 9.55 Å². The van der Waals surface area contributed by atoms with Crippen LogP contribution < -0.4 is 5.32 Å². The normalized spacial score (nSPS) is 36.5. The number of aliphatic hydroxyl groups excluding tert-OH is 3. The zero-order valence-electron chi connectivity index (χ0n) is 10.4. The van der Waals surface area contributed by atoms with Gasteiger partial charge in [0.1, 0.15) is 29.8 Å². The third-order valence-electron chi connectivity index (χ3n) is 3.46. The van der Waals surface area contributed by atoms with Crippen molar-refractivity contribution in [3.8, 4) is 0 Å². The van der Waals surface area contributed by atoms with E-state index in [1.807, 2.05) is 0 Å². The van der Waals surface area contributed by atoms with Crippen LogP contribution >= 0.6 is 0 Å². The van der Waals surface area contributed by atoms with Crippen LogP contribution in [-0.2, 0) is 4.74 Å². The molecule has 0 saturated carbocycles. The van der Waals surface area contributed by atoms with Crippen LogP contribution in [-0.4, -0.2) is 62.7 Å². The second kappa shape index (κ2) is 5.09. The van der Waals surface area contributed by atoms with Gasteiger partial charge in [0.2, 0.25) is 0 Å². The molecule has 2 aliphatic rings. The highest BCUT2D eigenvalue weighted by molar-refractivity contribution is 5.76. The quantitative estimate of drug-likeness (QED) is 0.552. The fraction of sp³-hybridized carbons (Fsp3) is 0.636. The van der Waals surface area contributed by atoms with E-state index < -0.39 is 37.3 Å². The highest BCUT2D eigenvalue weighted by atomic mass is 19.1. The van der Waals surface area contributed by atoms with Crippen LogP contribution in [0.1, 0.15) is 18.0 Å². The molecule has 20 heavy (non-hydrogen) atoms. The Morgan fingerprint density at radius 2 is 2.30 bits per heavy atom. The van der Waals surface area contributed by atoms with E-state index in [9.17, 15) is 14.6 Å². The van der Waals surface area contributed by atoms with Crippen molar-refractivity contribution >= 4 is 12.2 Å². The molecular weight excluding hydrogens is 271 g/mol. The van der Waals surface area contributed by atoms with Gasteiger partial charge in [-0.05, 0) is 0 Å². The van der Waals surface area contributed by atoms with Gasteiger partial charge in [-0.15, -0.1) is 0 Å². The van der Waals surface area contributed by atoms with Gasteiger partial charge in [0.25, 0.3) is 0 Å². The van der Waals surface area contributed by atoms with Crippen molar-refractivity contribution in [3.05, 3.63) is 12.0 Å². The predicted octanol–water partition coefficient (Wildman–Crippen LogP) is -1.04. The SMILES string of the molecule is OC[C@H]1O[C@@H](n2cnc3c2NC=NC[C@@H]3O)[C@@H](F)[C@@H]1O. The molecule has 0 aliphatic carbocycles. The lowest BCUT2D eigenvalue weighted by molar-refractivity contribution is -0.0465. The number of nitrogens with one attached hydrogen (secondary N) is 1. The number of aromatic nitrogens is 2. The summed E-state index contributed by atoms with van der Waals surface area (Å²) in [7, 11) is 0. The fourth-order valence-corrected chi connectivity index (χ4v) is 2.39. The number of rotatable bonds is 2. The average Bonchev–Trinajstić information content (AvgIpc) is 2.92. The summed E-state index contributed by atoms with van der Waals surface area (Å²) in [5.74, 6) is 0.359. The van der Waals surface area contributed by atoms with Gasteiger partial charge >= 0.3 is 0 Å². The number of anilines is 1. The Balaban J connectivity index is 1.94. The summed E-state index contributed by atoms with van der Waals surface area (Å²) in [4.78, 5) is 7.94. The molecule has 110 valence electrons. The van der Waals surface area contributed by atoms with E-state index in [4.69, 9.17) is 9.84 Å². The smallest absolute Gasteiger partial charge is 0.173 e. The van der Waals surface area contributed by atoms with Gasteiger partial charge in [0, 0.05) is 0 Å². The number of aliphatic hydroxyl groups is 3. The third kappa shape index (κ3) is 1.99. The van der Waals surface area contributed by atoms with Gasteiger partial charge in [-0.3, -0.25) is 9.56 Å². The molecule has 0 unspecified atom stereocenters. The highest BCUT2D eigenvalue weighted by Gasteiger charge is 2.45. The third-order valence-corrected chi connectivity index (χ3v) is 3.46. The Bertz CT molecular complexity index is 523. The summed E-state index contributed by atoms with van der Waals surface area (Å²) >= 11 is 0. The zero-order chi connectivity index (χ0) is 14.3. The number of hydrogen-bond donors (Lipinski definition) is 4. The monoisotopic (exact) mass is 286 g/mol. The molecule has 3 rings (SSSR count). The van der Waals surface area contributed by atoms with E-state index in [0.717, 1.165) is 0 Å². The molecule has 9 heteroatoms. The molecule has 2 aliphatic heterocycles. The molecule has 4 N–H and O–H groups in total. The molecule has 8 nitrogen and oxygen atoms in total. The molecule has 3 heterocycles. The standard InChI is InChI=1S/C11H15FN4O4/c12-7-9(19)6(2-17)20-11(7)16-4-15-8-5(18)1-13-3-14-10(8)16/h3-7,9,11,17-19H,1-2H2,(H,13,14)/t5-,6+,7-,9+,11+/m0/s1. The van der Waals surface area contributed by atoms with Crippen molar-refractivity contribution in [2.24, 2.45) is 4.99 Å². The van der Waals surface area contributed by atoms with Crippen molar-refractivity contribution in [1.29, 1.82) is 0 Å². The van der Waals surface area contributed by atoms with Gasteiger partial charge in [-0.1, -0.05) is 0 Å². The minimum absolute atomic E-state index is 0.156. The molecule has 1 saturated heterocycles. The van der Waals surface area contributed by atoms with Crippen LogP contribution in [0.2, 0.25) is 0 Å². The predicted molar refractivity (Wildman–Crippen MR) is 66.1 cm³/mol. The minimum atomic E-state index is -1.70. The van der Waals surface area contributed by atoms with Crippen LogP contribution in [0.15, 0.2) is 11.3 Å². The molecule has 0 radical (unpaired) electrons. The van der Waals surface area contributed by atoms with Gasteiger partial charge in [-0.25, -0.2) is 9.37 Å². The first kappa shape index (κ1) is 13.4. The maximum Gasteiger partial charge on any atom is 0.173 e. The Labute approximate surface area is 113 Å². The van der Waals surface area contributed by atoms with E-state index in [0.29, 0.717) is 11.5 Å². The molecule has 0 aromatic carbocycles. The highest BCUT2D eigenvalue weighted by Crippen LogP contribution is 2.36. The summed E-state index contributed by atoms with van der Waals surface area (Å²) in [5, 5.41) is 31.4. The van der Waals surface area contributed by atoms with Gasteiger partial charge in [-0.2, -0.15) is 0 Å². The summed E-state index contributed by atoms with van der Waals surface area (Å²) in [6.45, 7) is -0.323. The molecule has 1 fully saturated rings. The minimum Gasteiger partial charge on any atom is -0.394 e. The number of alkyl halides is 1. The molecule has 0 bridgehead atoms. The van der Waals surface area contributed by atoms with E-state index in [1.165, 1.54) is 17.2 Å². The average molecular weight is 286 g/mol. The van der Waals surface area contributed by atoms with Crippen molar-refractivity contribution in [2.45, 2.75) is 30.7 Å². The first-order valence-corrected chi connectivity index (χ1v) is 6.21. The van der Waals surface area contributed by atoms with Gasteiger partial charge < -0.3 is 25.4 Å². The first-order valence-electron chi connectivity index (χ1n) is 6.21. The lowest BCUT2D eigenvalue weighted by atomic mass is 10.1. The van der Waals surface area contributed by atoms with Crippen molar-refractivity contribution < 1.29 is 24.4 Å². The molecular formula is C11H15FN4O4. The topological polar surface area (TPSA) is 112 Å². The molecule has 0 spiro atoms. The summed E-state index contributed by atoms with van der Waals surface area (Å²) in [6.07, 6.45) is -3.41. The van der Waals surface area contributed by atoms with Gasteiger partial charge in [0.15, 0.2) is 12.4 Å². The Kier molecular flexibility index (Phi) is 3.42. The lowest BCUT2D eigenvalue weighted by Gasteiger charge is -2.17. The molecule has 1 aromatic rings.